The van der Waals surface area contributed by atoms with Crippen LogP contribution in [0, 0.1) is 29.1 Å². The largest absolute Gasteiger partial charge is 0.384 e. The highest BCUT2D eigenvalue weighted by atomic mass is 35.5. The van der Waals surface area contributed by atoms with Crippen molar-refractivity contribution in [3.8, 4) is 6.07 Å². The number of nitriles is 1. The van der Waals surface area contributed by atoms with Crippen LogP contribution in [-0.4, -0.2) is 6.54 Å². The predicted octanol–water partition coefficient (Wildman–Crippen LogP) is 4.06. The Bertz CT molecular complexity index is 472. The van der Waals surface area contributed by atoms with Gasteiger partial charge in [-0.3, -0.25) is 0 Å². The van der Waals surface area contributed by atoms with Crippen LogP contribution < -0.4 is 5.32 Å². The third-order valence-corrected chi connectivity index (χ3v) is 4.42. The molecule has 0 aromatic heterocycles. The summed E-state index contributed by atoms with van der Waals surface area (Å²) in [4.78, 5) is 0. The van der Waals surface area contributed by atoms with Crippen molar-refractivity contribution in [3.63, 3.8) is 0 Å². The van der Waals surface area contributed by atoms with Crippen LogP contribution in [0.3, 0.4) is 0 Å². The van der Waals surface area contributed by atoms with Crippen molar-refractivity contribution in [1.29, 1.82) is 5.26 Å². The molecule has 2 fully saturated rings. The number of benzene rings is 1. The molecule has 0 bridgehead atoms. The predicted molar refractivity (Wildman–Crippen MR) is 73.6 cm³/mol. The summed E-state index contributed by atoms with van der Waals surface area (Å²) in [6, 6.07) is 7.79. The Morgan fingerprint density at radius 2 is 1.94 bits per heavy atom. The molecule has 18 heavy (non-hydrogen) atoms. The molecule has 94 valence electrons. The molecule has 2 nitrogen and oxygen atoms in total. The Kier molecular flexibility index (Phi) is 3.18. The Morgan fingerprint density at radius 1 is 1.28 bits per heavy atom. The first kappa shape index (κ1) is 11.9. The second-order valence-corrected chi connectivity index (χ2v) is 5.90. The molecule has 1 aromatic carbocycles. The van der Waals surface area contributed by atoms with Crippen LogP contribution in [0.1, 0.15) is 31.2 Å². The zero-order valence-corrected chi connectivity index (χ0v) is 11.1. The summed E-state index contributed by atoms with van der Waals surface area (Å²) in [5.41, 5.74) is 1.46. The topological polar surface area (TPSA) is 35.8 Å². The van der Waals surface area contributed by atoms with E-state index in [0.717, 1.165) is 30.0 Å². The van der Waals surface area contributed by atoms with E-state index in [4.69, 9.17) is 16.9 Å². The zero-order valence-electron chi connectivity index (χ0n) is 10.3. The van der Waals surface area contributed by atoms with E-state index < -0.39 is 0 Å². The van der Waals surface area contributed by atoms with E-state index in [2.05, 4.69) is 11.4 Å². The Balaban J connectivity index is 1.69. The zero-order chi connectivity index (χ0) is 12.5. The highest BCUT2D eigenvalue weighted by molar-refractivity contribution is 6.32. The average molecular weight is 261 g/mol. The van der Waals surface area contributed by atoms with E-state index in [0.29, 0.717) is 10.6 Å². The van der Waals surface area contributed by atoms with Gasteiger partial charge in [-0.2, -0.15) is 5.26 Å². The Labute approximate surface area is 113 Å². The van der Waals surface area contributed by atoms with Crippen LogP contribution in [0.2, 0.25) is 5.02 Å². The summed E-state index contributed by atoms with van der Waals surface area (Å²) >= 11 is 6.03. The molecule has 0 unspecified atom stereocenters. The molecular weight excluding hydrogens is 244 g/mol. The van der Waals surface area contributed by atoms with E-state index in [1.165, 1.54) is 25.7 Å². The minimum Gasteiger partial charge on any atom is -0.384 e. The average Bonchev–Trinajstić information content (AvgIpc) is 3.24. The summed E-state index contributed by atoms with van der Waals surface area (Å²) in [5.74, 6) is 2.65. The molecule has 3 heteroatoms. The molecule has 0 spiro atoms. The van der Waals surface area contributed by atoms with Crippen LogP contribution >= 0.6 is 11.6 Å². The number of nitrogens with zero attached hydrogens (tertiary/aromatic N) is 1. The van der Waals surface area contributed by atoms with Crippen molar-refractivity contribution in [3.05, 3.63) is 28.8 Å². The molecular formula is C15H17ClN2. The lowest BCUT2D eigenvalue weighted by Crippen LogP contribution is -2.18. The van der Waals surface area contributed by atoms with Crippen LogP contribution in [0.4, 0.5) is 5.69 Å². The monoisotopic (exact) mass is 260 g/mol. The van der Waals surface area contributed by atoms with E-state index in [-0.39, 0.29) is 0 Å². The normalized spacial score (nSPS) is 18.7. The molecule has 0 atom stereocenters. The van der Waals surface area contributed by atoms with Crippen molar-refractivity contribution in [1.82, 2.24) is 0 Å². The van der Waals surface area contributed by atoms with E-state index in [1.54, 1.807) is 6.07 Å². The lowest BCUT2D eigenvalue weighted by molar-refractivity contribution is 0.428. The molecule has 2 saturated carbocycles. The van der Waals surface area contributed by atoms with Gasteiger partial charge in [0.1, 0.15) is 6.07 Å². The van der Waals surface area contributed by atoms with Gasteiger partial charge in [0.05, 0.1) is 16.3 Å². The molecule has 1 aromatic rings. The second kappa shape index (κ2) is 4.82. The van der Waals surface area contributed by atoms with Gasteiger partial charge in [0, 0.05) is 6.54 Å². The van der Waals surface area contributed by atoms with Crippen LogP contribution in [-0.2, 0) is 0 Å². The molecule has 1 N–H and O–H groups in total. The van der Waals surface area contributed by atoms with E-state index >= 15 is 0 Å². The molecule has 0 heterocycles. The maximum Gasteiger partial charge on any atom is 0.103 e. The van der Waals surface area contributed by atoms with Crippen molar-refractivity contribution in [2.24, 2.45) is 17.8 Å². The lowest BCUT2D eigenvalue weighted by Gasteiger charge is -2.17. The summed E-state index contributed by atoms with van der Waals surface area (Å²) in [7, 11) is 0. The maximum atomic E-state index is 9.13. The first-order valence-electron chi connectivity index (χ1n) is 6.72. The molecule has 0 aliphatic heterocycles. The third kappa shape index (κ3) is 2.47. The Morgan fingerprint density at radius 3 is 2.50 bits per heavy atom. The standard InChI is InChI=1S/C15H17ClN2/c16-14-2-1-3-15(12(14)8-17)18-9-13(10-4-5-10)11-6-7-11/h1-3,10-11,13,18H,4-7,9H2. The van der Waals surface area contributed by atoms with Crippen molar-refractivity contribution >= 4 is 17.3 Å². The fourth-order valence-electron chi connectivity index (χ4n) is 2.78. The molecule has 0 saturated heterocycles. The minimum absolute atomic E-state index is 0.539. The van der Waals surface area contributed by atoms with E-state index in [9.17, 15) is 0 Å². The molecule has 2 aliphatic rings. The number of anilines is 1. The van der Waals surface area contributed by atoms with Gasteiger partial charge in [0.25, 0.3) is 0 Å². The number of hydrogen-bond donors (Lipinski definition) is 1. The van der Waals surface area contributed by atoms with Crippen LogP contribution in [0.25, 0.3) is 0 Å². The van der Waals surface area contributed by atoms with Gasteiger partial charge in [0.15, 0.2) is 0 Å². The smallest absolute Gasteiger partial charge is 0.103 e. The van der Waals surface area contributed by atoms with Crippen LogP contribution in [0.15, 0.2) is 18.2 Å². The van der Waals surface area contributed by atoms with Gasteiger partial charge in [-0.05, 0) is 55.6 Å². The van der Waals surface area contributed by atoms with Gasteiger partial charge in [-0.15, -0.1) is 0 Å². The second-order valence-electron chi connectivity index (χ2n) is 5.49. The maximum absolute atomic E-state index is 9.13. The van der Waals surface area contributed by atoms with Gasteiger partial charge in [-0.25, -0.2) is 0 Å². The third-order valence-electron chi connectivity index (χ3n) is 4.11. The Hall–Kier alpha value is -1.20. The van der Waals surface area contributed by atoms with Gasteiger partial charge >= 0.3 is 0 Å². The molecule has 3 rings (SSSR count). The SMILES string of the molecule is N#Cc1c(Cl)cccc1NCC(C1CC1)C1CC1. The number of hydrogen-bond acceptors (Lipinski definition) is 2. The van der Waals surface area contributed by atoms with Crippen molar-refractivity contribution in [2.45, 2.75) is 25.7 Å². The van der Waals surface area contributed by atoms with Crippen LogP contribution in [0.5, 0.6) is 0 Å². The van der Waals surface area contributed by atoms with Gasteiger partial charge in [0.2, 0.25) is 0 Å². The van der Waals surface area contributed by atoms with Crippen molar-refractivity contribution < 1.29 is 0 Å². The quantitative estimate of drug-likeness (QED) is 0.867. The minimum atomic E-state index is 0.539. The lowest BCUT2D eigenvalue weighted by atomic mass is 9.97. The first-order valence-corrected chi connectivity index (χ1v) is 7.10. The highest BCUT2D eigenvalue weighted by Gasteiger charge is 2.41. The van der Waals surface area contributed by atoms with Gasteiger partial charge < -0.3 is 5.32 Å². The summed E-state index contributed by atoms with van der Waals surface area (Å²) < 4.78 is 0. The first-order chi connectivity index (χ1) is 8.79. The number of rotatable bonds is 5. The summed E-state index contributed by atoms with van der Waals surface area (Å²) in [6.45, 7) is 0.990. The summed E-state index contributed by atoms with van der Waals surface area (Å²) in [6.07, 6.45) is 5.57. The fourth-order valence-corrected chi connectivity index (χ4v) is 3.00. The summed E-state index contributed by atoms with van der Waals surface area (Å²) in [5, 5.41) is 13.1. The van der Waals surface area contributed by atoms with E-state index in [1.807, 2.05) is 12.1 Å². The molecule has 2 aliphatic carbocycles. The van der Waals surface area contributed by atoms with Gasteiger partial charge in [-0.1, -0.05) is 17.7 Å². The fraction of sp³-hybridized carbons (Fsp3) is 0.533. The highest BCUT2D eigenvalue weighted by Crippen LogP contribution is 2.49. The number of halogens is 1. The van der Waals surface area contributed by atoms with Crippen molar-refractivity contribution in [2.75, 3.05) is 11.9 Å². The number of nitrogens with one attached hydrogen (secondary N) is 1. The molecule has 0 radical (unpaired) electrons. The molecule has 0 amide bonds.